The highest BCUT2D eigenvalue weighted by Crippen LogP contribution is 2.16. The Balaban J connectivity index is 2.72. The van der Waals surface area contributed by atoms with Gasteiger partial charge in [0.25, 0.3) is 0 Å². The molecule has 0 spiro atoms. The maximum atomic E-state index is 10.9. The van der Waals surface area contributed by atoms with E-state index in [9.17, 15) is 9.59 Å². The SMILES string of the molecule is NC(=O)N1CCCCCC1C(=O)O. The first-order valence-corrected chi connectivity index (χ1v) is 4.42. The lowest BCUT2D eigenvalue weighted by Crippen LogP contribution is -2.47. The van der Waals surface area contributed by atoms with Crippen LogP contribution in [0.4, 0.5) is 4.79 Å². The van der Waals surface area contributed by atoms with Crippen molar-refractivity contribution in [3.8, 4) is 0 Å². The van der Waals surface area contributed by atoms with Gasteiger partial charge in [0.05, 0.1) is 0 Å². The first kappa shape index (κ1) is 9.83. The van der Waals surface area contributed by atoms with E-state index in [1.807, 2.05) is 0 Å². The number of rotatable bonds is 1. The highest BCUT2D eigenvalue weighted by Gasteiger charge is 2.29. The minimum absolute atomic E-state index is 0.465. The monoisotopic (exact) mass is 186 g/mol. The van der Waals surface area contributed by atoms with Crippen LogP contribution in [0.3, 0.4) is 0 Å². The largest absolute Gasteiger partial charge is 0.480 e. The van der Waals surface area contributed by atoms with Crippen molar-refractivity contribution < 1.29 is 14.7 Å². The fourth-order valence-corrected chi connectivity index (χ4v) is 1.63. The normalized spacial score (nSPS) is 23.7. The second-order valence-corrected chi connectivity index (χ2v) is 3.24. The average Bonchev–Trinajstić information content (AvgIpc) is 2.27. The Labute approximate surface area is 76.5 Å². The highest BCUT2D eigenvalue weighted by molar-refractivity contribution is 5.81. The molecule has 0 saturated carbocycles. The summed E-state index contributed by atoms with van der Waals surface area (Å²) < 4.78 is 0. The number of aliphatic carboxylic acids is 1. The van der Waals surface area contributed by atoms with Crippen LogP contribution in [-0.2, 0) is 4.79 Å². The minimum Gasteiger partial charge on any atom is -0.480 e. The van der Waals surface area contributed by atoms with Gasteiger partial charge in [-0.25, -0.2) is 9.59 Å². The van der Waals surface area contributed by atoms with Crippen LogP contribution in [0.5, 0.6) is 0 Å². The molecule has 1 aliphatic rings. The van der Waals surface area contributed by atoms with E-state index in [0.29, 0.717) is 13.0 Å². The molecular weight excluding hydrogens is 172 g/mol. The lowest BCUT2D eigenvalue weighted by Gasteiger charge is -2.24. The molecule has 1 fully saturated rings. The number of carbonyl (C=O) groups excluding carboxylic acids is 1. The molecule has 74 valence electrons. The molecule has 0 aliphatic carbocycles. The van der Waals surface area contributed by atoms with Crippen molar-refractivity contribution in [2.45, 2.75) is 31.7 Å². The Morgan fingerprint density at radius 2 is 2.00 bits per heavy atom. The van der Waals surface area contributed by atoms with E-state index in [1.54, 1.807) is 0 Å². The summed E-state index contributed by atoms with van der Waals surface area (Å²) in [6, 6.07) is -1.35. The van der Waals surface area contributed by atoms with Crippen molar-refractivity contribution in [2.24, 2.45) is 5.73 Å². The molecule has 2 amide bonds. The number of nitrogens with two attached hydrogens (primary N) is 1. The zero-order chi connectivity index (χ0) is 9.84. The molecule has 0 aromatic heterocycles. The standard InChI is InChI=1S/C8H14N2O3/c9-8(13)10-5-3-1-2-4-6(10)7(11)12/h6H,1-5H2,(H2,9,13)(H,11,12). The van der Waals surface area contributed by atoms with Crippen molar-refractivity contribution in [2.75, 3.05) is 6.54 Å². The fourth-order valence-electron chi connectivity index (χ4n) is 1.63. The molecule has 0 aromatic rings. The second-order valence-electron chi connectivity index (χ2n) is 3.24. The van der Waals surface area contributed by atoms with Crippen LogP contribution in [0.25, 0.3) is 0 Å². The topological polar surface area (TPSA) is 83.6 Å². The zero-order valence-electron chi connectivity index (χ0n) is 7.40. The van der Waals surface area contributed by atoms with E-state index >= 15 is 0 Å². The van der Waals surface area contributed by atoms with E-state index in [0.717, 1.165) is 19.3 Å². The van der Waals surface area contributed by atoms with Gasteiger partial charge in [0.1, 0.15) is 6.04 Å². The minimum atomic E-state index is -0.958. The Bertz CT molecular complexity index is 195. The van der Waals surface area contributed by atoms with E-state index in [2.05, 4.69) is 0 Å². The predicted octanol–water partition coefficient (Wildman–Crippen LogP) is 0.394. The molecule has 13 heavy (non-hydrogen) atoms. The van der Waals surface area contributed by atoms with Gasteiger partial charge in [-0.3, -0.25) is 0 Å². The number of urea groups is 1. The molecule has 1 unspecified atom stereocenters. The molecule has 1 saturated heterocycles. The number of nitrogens with zero attached hydrogens (tertiary/aromatic N) is 1. The third-order valence-corrected chi connectivity index (χ3v) is 2.32. The highest BCUT2D eigenvalue weighted by atomic mass is 16.4. The van der Waals surface area contributed by atoms with Gasteiger partial charge in [0.15, 0.2) is 0 Å². The molecule has 0 aromatic carbocycles. The molecule has 1 rings (SSSR count). The quantitative estimate of drug-likeness (QED) is 0.621. The number of hydrogen-bond acceptors (Lipinski definition) is 2. The molecule has 0 bridgehead atoms. The lowest BCUT2D eigenvalue weighted by atomic mass is 10.1. The summed E-state index contributed by atoms with van der Waals surface area (Å²) in [6.07, 6.45) is 3.17. The first-order chi connectivity index (χ1) is 6.13. The number of hydrogen-bond donors (Lipinski definition) is 2. The Hall–Kier alpha value is -1.26. The van der Waals surface area contributed by atoms with Crippen molar-refractivity contribution in [3.63, 3.8) is 0 Å². The van der Waals surface area contributed by atoms with Crippen LogP contribution < -0.4 is 5.73 Å². The van der Waals surface area contributed by atoms with Gasteiger partial charge in [-0.15, -0.1) is 0 Å². The predicted molar refractivity (Wildman–Crippen MR) is 46.2 cm³/mol. The van der Waals surface area contributed by atoms with Gasteiger partial charge < -0.3 is 15.7 Å². The number of likely N-dealkylation sites (tertiary alicyclic amines) is 1. The van der Waals surface area contributed by atoms with Crippen molar-refractivity contribution in [3.05, 3.63) is 0 Å². The second kappa shape index (κ2) is 4.11. The fraction of sp³-hybridized carbons (Fsp3) is 0.750. The van der Waals surface area contributed by atoms with Crippen LogP contribution in [0.2, 0.25) is 0 Å². The molecule has 1 heterocycles. The average molecular weight is 186 g/mol. The van der Waals surface area contributed by atoms with Crippen molar-refractivity contribution in [1.82, 2.24) is 4.90 Å². The number of carbonyl (C=O) groups is 2. The van der Waals surface area contributed by atoms with Crippen LogP contribution in [0.1, 0.15) is 25.7 Å². The summed E-state index contributed by atoms with van der Waals surface area (Å²) in [5.41, 5.74) is 5.09. The van der Waals surface area contributed by atoms with Gasteiger partial charge in [-0.05, 0) is 12.8 Å². The van der Waals surface area contributed by atoms with Gasteiger partial charge in [-0.2, -0.15) is 0 Å². The van der Waals surface area contributed by atoms with E-state index in [4.69, 9.17) is 10.8 Å². The molecule has 5 nitrogen and oxygen atoms in total. The summed E-state index contributed by atoms with van der Waals surface area (Å²) >= 11 is 0. The van der Waals surface area contributed by atoms with Gasteiger partial charge >= 0.3 is 12.0 Å². The van der Waals surface area contributed by atoms with E-state index in [-0.39, 0.29) is 0 Å². The summed E-state index contributed by atoms with van der Waals surface area (Å²) in [4.78, 5) is 22.9. The van der Waals surface area contributed by atoms with Crippen LogP contribution in [-0.4, -0.2) is 34.6 Å². The lowest BCUT2D eigenvalue weighted by molar-refractivity contribution is -0.142. The van der Waals surface area contributed by atoms with Crippen LogP contribution in [0, 0.1) is 0 Å². The maximum Gasteiger partial charge on any atom is 0.326 e. The molecule has 1 aliphatic heterocycles. The number of carboxylic acid groups (broad SMARTS) is 1. The van der Waals surface area contributed by atoms with Gasteiger partial charge in [-0.1, -0.05) is 12.8 Å². The molecule has 0 radical (unpaired) electrons. The Morgan fingerprint density at radius 1 is 1.31 bits per heavy atom. The molecule has 5 heteroatoms. The molecule has 1 atom stereocenters. The summed E-state index contributed by atoms with van der Waals surface area (Å²) in [5, 5.41) is 8.83. The van der Waals surface area contributed by atoms with Gasteiger partial charge in [0.2, 0.25) is 0 Å². The van der Waals surface area contributed by atoms with Crippen LogP contribution >= 0.6 is 0 Å². The van der Waals surface area contributed by atoms with Crippen molar-refractivity contribution >= 4 is 12.0 Å². The summed E-state index contributed by atoms with van der Waals surface area (Å²) in [6.45, 7) is 0.465. The number of primary amides is 1. The number of carboxylic acids is 1. The maximum absolute atomic E-state index is 10.9. The molecule has 3 N–H and O–H groups in total. The third-order valence-electron chi connectivity index (χ3n) is 2.32. The van der Waals surface area contributed by atoms with Crippen molar-refractivity contribution in [1.29, 1.82) is 0 Å². The van der Waals surface area contributed by atoms with E-state index < -0.39 is 18.0 Å². The van der Waals surface area contributed by atoms with Gasteiger partial charge in [0, 0.05) is 6.54 Å². The Morgan fingerprint density at radius 3 is 2.54 bits per heavy atom. The number of amides is 2. The summed E-state index contributed by atoms with van der Waals surface area (Å²) in [7, 11) is 0. The summed E-state index contributed by atoms with van der Waals surface area (Å²) in [5.74, 6) is -0.958. The zero-order valence-corrected chi connectivity index (χ0v) is 7.40. The van der Waals surface area contributed by atoms with Crippen LogP contribution in [0.15, 0.2) is 0 Å². The first-order valence-electron chi connectivity index (χ1n) is 4.42. The molecular formula is C8H14N2O3. The van der Waals surface area contributed by atoms with E-state index in [1.165, 1.54) is 4.90 Å². The smallest absolute Gasteiger partial charge is 0.326 e. The third kappa shape index (κ3) is 2.34. The Kier molecular flexibility index (Phi) is 3.11.